The van der Waals surface area contributed by atoms with E-state index in [4.69, 9.17) is 4.74 Å². The molecule has 0 aromatic heterocycles. The second kappa shape index (κ2) is 19.1. The van der Waals surface area contributed by atoms with Gasteiger partial charge in [0.25, 0.3) is 0 Å². The fourth-order valence-corrected chi connectivity index (χ4v) is 4.11. The van der Waals surface area contributed by atoms with Gasteiger partial charge in [0.2, 0.25) is 5.91 Å². The highest BCUT2D eigenvalue weighted by molar-refractivity contribution is 5.76. The minimum absolute atomic E-state index is 0.231. The summed E-state index contributed by atoms with van der Waals surface area (Å²) in [5.41, 5.74) is 0. The third kappa shape index (κ3) is 16.1. The van der Waals surface area contributed by atoms with Gasteiger partial charge < -0.3 is 15.0 Å². The van der Waals surface area contributed by atoms with Crippen LogP contribution in [0.3, 0.4) is 0 Å². The minimum Gasteiger partial charge on any atom is -0.756 e. The number of hydroxylamine groups is 2. The van der Waals surface area contributed by atoms with Gasteiger partial charge in [-0.05, 0) is 25.3 Å². The first-order chi connectivity index (χ1) is 14.6. The third-order valence-corrected chi connectivity index (χ3v) is 6.14. The van der Waals surface area contributed by atoms with Crippen molar-refractivity contribution >= 4 is 5.91 Å². The molecule has 5 nitrogen and oxygen atoms in total. The van der Waals surface area contributed by atoms with Crippen LogP contribution in [0.4, 0.5) is 0 Å². The highest BCUT2D eigenvalue weighted by Crippen LogP contribution is 2.14. The van der Waals surface area contributed by atoms with E-state index >= 15 is 0 Å². The molecule has 1 aliphatic rings. The van der Waals surface area contributed by atoms with Crippen LogP contribution in [0.15, 0.2) is 0 Å². The summed E-state index contributed by atoms with van der Waals surface area (Å²) < 4.78 is 5.32. The van der Waals surface area contributed by atoms with Gasteiger partial charge in [-0.3, -0.25) is 9.69 Å². The number of carbonyl (C=O) groups is 1. The summed E-state index contributed by atoms with van der Waals surface area (Å²) in [5.74, 6) is 0.623. The lowest BCUT2D eigenvalue weighted by molar-refractivity contribution is -0.128. The van der Waals surface area contributed by atoms with Gasteiger partial charge in [0.1, 0.15) is 0 Å². The highest BCUT2D eigenvalue weighted by Gasteiger charge is 2.10. The van der Waals surface area contributed by atoms with Crippen molar-refractivity contribution in [3.05, 3.63) is 5.21 Å². The number of morpholine rings is 1. The number of amides is 1. The summed E-state index contributed by atoms with van der Waals surface area (Å²) in [6.07, 6.45) is 18.0. The Balaban J connectivity index is 1.80. The predicted molar refractivity (Wildman–Crippen MR) is 126 cm³/mol. The molecule has 5 heteroatoms. The van der Waals surface area contributed by atoms with E-state index < -0.39 is 0 Å². The molecule has 0 spiro atoms. The predicted octanol–water partition coefficient (Wildman–Crippen LogP) is 6.15. The lowest BCUT2D eigenvalue weighted by Crippen LogP contribution is -2.38. The van der Waals surface area contributed by atoms with Gasteiger partial charge >= 0.3 is 0 Å². The molecule has 0 saturated carbocycles. The largest absolute Gasteiger partial charge is 0.756 e. The van der Waals surface area contributed by atoms with Crippen molar-refractivity contribution < 1.29 is 9.53 Å². The number of nitrogens with zero attached hydrogens (tertiary/aromatic N) is 2. The molecular weight excluding hydrogens is 376 g/mol. The Kier molecular flexibility index (Phi) is 17.4. The van der Waals surface area contributed by atoms with Gasteiger partial charge in [-0.25, -0.2) is 0 Å². The van der Waals surface area contributed by atoms with Crippen LogP contribution in [0.5, 0.6) is 0 Å². The van der Waals surface area contributed by atoms with Crippen molar-refractivity contribution in [2.24, 2.45) is 5.92 Å². The third-order valence-electron chi connectivity index (χ3n) is 6.14. The number of hydrogen-bond donors (Lipinski definition) is 0. The second-order valence-electron chi connectivity index (χ2n) is 9.48. The van der Waals surface area contributed by atoms with Crippen LogP contribution < -0.4 is 0 Å². The Morgan fingerprint density at radius 2 is 1.33 bits per heavy atom. The van der Waals surface area contributed by atoms with Gasteiger partial charge in [0.15, 0.2) is 0 Å². The SMILES string of the molecule is CC(C)CCCCCCCCCCCCCCC(=O)N([O-])CCCN1CCOCC1. The average molecular weight is 426 g/mol. The molecule has 1 amide bonds. The molecule has 0 aromatic rings. The van der Waals surface area contributed by atoms with Gasteiger partial charge in [0, 0.05) is 26.1 Å². The molecule has 0 aliphatic carbocycles. The van der Waals surface area contributed by atoms with Crippen molar-refractivity contribution in [1.82, 2.24) is 9.96 Å². The number of ether oxygens (including phenoxy) is 1. The number of hydrogen-bond acceptors (Lipinski definition) is 4. The maximum atomic E-state index is 11.9. The molecule has 1 heterocycles. The van der Waals surface area contributed by atoms with E-state index in [1.54, 1.807) is 0 Å². The number of rotatable bonds is 19. The monoisotopic (exact) mass is 425 g/mol. The van der Waals surface area contributed by atoms with Crippen LogP contribution in [0.2, 0.25) is 0 Å². The van der Waals surface area contributed by atoms with E-state index in [0.29, 0.717) is 18.0 Å². The van der Waals surface area contributed by atoms with E-state index in [-0.39, 0.29) is 5.91 Å². The van der Waals surface area contributed by atoms with Crippen molar-refractivity contribution in [3.63, 3.8) is 0 Å². The lowest BCUT2D eigenvalue weighted by atomic mass is 10.0. The van der Waals surface area contributed by atoms with Gasteiger partial charge in [-0.15, -0.1) is 0 Å². The molecule has 1 aliphatic heterocycles. The van der Waals surface area contributed by atoms with Gasteiger partial charge in [0.05, 0.1) is 13.2 Å². The van der Waals surface area contributed by atoms with Gasteiger partial charge in [-0.2, -0.15) is 0 Å². The standard InChI is InChI=1S/C25H49N2O3/c1-24(2)16-13-11-9-7-5-3-4-6-8-10-12-14-17-25(28)27(29)19-15-18-26-20-22-30-23-21-26/h24H,3-23H2,1-2H3/q-1. The molecule has 0 bridgehead atoms. The normalized spacial score (nSPS) is 15.1. The van der Waals surface area contributed by atoms with Crippen molar-refractivity contribution in [3.8, 4) is 0 Å². The van der Waals surface area contributed by atoms with E-state index in [0.717, 1.165) is 58.0 Å². The Labute approximate surface area is 186 Å². The molecule has 1 rings (SSSR count). The smallest absolute Gasteiger partial charge is 0.212 e. The lowest BCUT2D eigenvalue weighted by Gasteiger charge is -2.31. The van der Waals surface area contributed by atoms with Crippen LogP contribution in [-0.4, -0.2) is 55.3 Å². The first kappa shape index (κ1) is 27.4. The van der Waals surface area contributed by atoms with Crippen molar-refractivity contribution in [2.45, 2.75) is 110 Å². The maximum Gasteiger partial charge on any atom is 0.212 e. The Morgan fingerprint density at radius 3 is 1.87 bits per heavy atom. The molecule has 1 saturated heterocycles. The highest BCUT2D eigenvalue weighted by atomic mass is 16.5. The first-order valence-corrected chi connectivity index (χ1v) is 12.9. The summed E-state index contributed by atoms with van der Waals surface area (Å²) in [6, 6.07) is 0. The summed E-state index contributed by atoms with van der Waals surface area (Å²) in [6.45, 7) is 9.26. The number of unbranched alkanes of at least 4 members (excludes halogenated alkanes) is 11. The quantitative estimate of drug-likeness (QED) is 0.184. The van der Waals surface area contributed by atoms with Crippen LogP contribution in [0, 0.1) is 11.1 Å². The maximum absolute atomic E-state index is 11.9. The zero-order valence-electron chi connectivity index (χ0n) is 20.0. The molecule has 30 heavy (non-hydrogen) atoms. The molecule has 0 unspecified atom stereocenters. The van der Waals surface area contributed by atoms with Crippen LogP contribution in [-0.2, 0) is 9.53 Å². The summed E-state index contributed by atoms with van der Waals surface area (Å²) in [4.78, 5) is 14.2. The first-order valence-electron chi connectivity index (χ1n) is 12.9. The van der Waals surface area contributed by atoms with Crippen molar-refractivity contribution in [1.29, 1.82) is 0 Å². The summed E-state index contributed by atoms with van der Waals surface area (Å²) >= 11 is 0. The molecule has 0 aromatic carbocycles. The van der Waals surface area contributed by atoms with E-state index in [2.05, 4.69) is 18.7 Å². The Hall–Kier alpha value is -0.650. The fourth-order valence-electron chi connectivity index (χ4n) is 4.11. The van der Waals surface area contributed by atoms with Crippen LogP contribution in [0.25, 0.3) is 0 Å². The van der Waals surface area contributed by atoms with Crippen LogP contribution in [0.1, 0.15) is 110 Å². The Bertz CT molecular complexity index is 398. The van der Waals surface area contributed by atoms with Crippen LogP contribution >= 0.6 is 0 Å². The average Bonchev–Trinajstić information content (AvgIpc) is 2.74. The fraction of sp³-hybridized carbons (Fsp3) is 0.960. The van der Waals surface area contributed by atoms with Crippen molar-refractivity contribution in [2.75, 3.05) is 39.4 Å². The minimum atomic E-state index is -0.231. The molecule has 0 atom stereocenters. The topological polar surface area (TPSA) is 55.8 Å². The van der Waals surface area contributed by atoms with E-state index in [9.17, 15) is 10.0 Å². The molecule has 1 fully saturated rings. The van der Waals surface area contributed by atoms with E-state index in [1.165, 1.54) is 70.6 Å². The molecule has 0 radical (unpaired) electrons. The molecule has 0 N–H and O–H groups in total. The van der Waals surface area contributed by atoms with Gasteiger partial charge in [-0.1, -0.05) is 90.9 Å². The molecular formula is C25H49N2O3-. The zero-order chi connectivity index (χ0) is 21.9. The zero-order valence-corrected chi connectivity index (χ0v) is 20.0. The second-order valence-corrected chi connectivity index (χ2v) is 9.48. The van der Waals surface area contributed by atoms with E-state index in [1.807, 2.05) is 0 Å². The molecule has 178 valence electrons. The summed E-state index contributed by atoms with van der Waals surface area (Å²) in [7, 11) is 0. The summed E-state index contributed by atoms with van der Waals surface area (Å²) in [5, 5.41) is 12.6. The number of carbonyl (C=O) groups excluding carboxylic acids is 1. The Morgan fingerprint density at radius 1 is 0.833 bits per heavy atom.